The molecule has 2 rings (SSSR count). The molecule has 16 heavy (non-hydrogen) atoms. The Hall–Kier alpha value is -1.55. The normalized spacial score (nSPS) is 10.3. The molecule has 0 atom stereocenters. The molecule has 2 aromatic rings. The minimum atomic E-state index is -0.166. The molecule has 84 valence electrons. The average Bonchev–Trinajstić information content (AvgIpc) is 2.96. The van der Waals surface area contributed by atoms with Crippen molar-refractivity contribution in [2.45, 2.75) is 19.9 Å². The molecule has 0 aliphatic carbocycles. The standard InChI is InChI=1S/C12H13NO2S/c1-2-9-5-7-16-11(9)8-13-12(14)10-4-3-6-15-10/h3-7H,2,8H2,1H3,(H,13,14). The van der Waals surface area contributed by atoms with Crippen LogP contribution in [0.5, 0.6) is 0 Å². The Morgan fingerprint density at radius 2 is 2.38 bits per heavy atom. The van der Waals surface area contributed by atoms with Gasteiger partial charge in [0, 0.05) is 4.88 Å². The van der Waals surface area contributed by atoms with E-state index in [2.05, 4.69) is 18.3 Å². The first-order chi connectivity index (χ1) is 7.81. The highest BCUT2D eigenvalue weighted by atomic mass is 32.1. The van der Waals surface area contributed by atoms with Crippen LogP contribution in [0.3, 0.4) is 0 Å². The third-order valence-corrected chi connectivity index (χ3v) is 3.34. The van der Waals surface area contributed by atoms with Crippen LogP contribution < -0.4 is 5.32 Å². The Balaban J connectivity index is 1.95. The Labute approximate surface area is 98.1 Å². The SMILES string of the molecule is CCc1ccsc1CNC(=O)c1ccco1. The number of carbonyl (C=O) groups excluding carboxylic acids is 1. The maximum atomic E-state index is 11.6. The van der Waals surface area contributed by atoms with Crippen LogP contribution in [-0.2, 0) is 13.0 Å². The van der Waals surface area contributed by atoms with Gasteiger partial charge in [-0.25, -0.2) is 0 Å². The third kappa shape index (κ3) is 2.33. The van der Waals surface area contributed by atoms with Gasteiger partial charge in [-0.1, -0.05) is 6.92 Å². The maximum absolute atomic E-state index is 11.6. The van der Waals surface area contributed by atoms with E-state index in [1.807, 2.05) is 5.38 Å². The zero-order valence-corrected chi connectivity index (χ0v) is 9.84. The molecule has 0 aliphatic rings. The first-order valence-corrected chi connectivity index (χ1v) is 6.06. The number of thiophene rings is 1. The van der Waals surface area contributed by atoms with Crippen molar-refractivity contribution in [3.05, 3.63) is 46.0 Å². The van der Waals surface area contributed by atoms with E-state index in [-0.39, 0.29) is 5.91 Å². The zero-order chi connectivity index (χ0) is 11.4. The summed E-state index contributed by atoms with van der Waals surface area (Å²) in [5.41, 5.74) is 1.30. The highest BCUT2D eigenvalue weighted by Gasteiger charge is 2.09. The Kier molecular flexibility index (Phi) is 3.41. The molecule has 0 aliphatic heterocycles. The van der Waals surface area contributed by atoms with Gasteiger partial charge >= 0.3 is 0 Å². The lowest BCUT2D eigenvalue weighted by Crippen LogP contribution is -2.22. The molecule has 2 heterocycles. The van der Waals surface area contributed by atoms with E-state index in [1.165, 1.54) is 16.7 Å². The summed E-state index contributed by atoms with van der Waals surface area (Å²) in [7, 11) is 0. The van der Waals surface area contributed by atoms with Crippen molar-refractivity contribution in [1.82, 2.24) is 5.32 Å². The van der Waals surface area contributed by atoms with E-state index in [4.69, 9.17) is 4.42 Å². The molecular formula is C12H13NO2S. The lowest BCUT2D eigenvalue weighted by atomic mass is 10.2. The van der Waals surface area contributed by atoms with Gasteiger partial charge in [0.1, 0.15) is 0 Å². The fourth-order valence-corrected chi connectivity index (χ4v) is 2.41. The van der Waals surface area contributed by atoms with Gasteiger partial charge in [-0.2, -0.15) is 0 Å². The van der Waals surface area contributed by atoms with E-state index < -0.39 is 0 Å². The monoisotopic (exact) mass is 235 g/mol. The van der Waals surface area contributed by atoms with Gasteiger partial charge in [0.2, 0.25) is 0 Å². The summed E-state index contributed by atoms with van der Waals surface area (Å²) in [4.78, 5) is 12.8. The van der Waals surface area contributed by atoms with Gasteiger partial charge in [-0.05, 0) is 35.6 Å². The van der Waals surface area contributed by atoms with Crippen LogP contribution >= 0.6 is 11.3 Å². The molecule has 4 heteroatoms. The van der Waals surface area contributed by atoms with Gasteiger partial charge in [-0.15, -0.1) is 11.3 Å². The van der Waals surface area contributed by atoms with Crippen LogP contribution in [-0.4, -0.2) is 5.91 Å². The first-order valence-electron chi connectivity index (χ1n) is 5.18. The van der Waals surface area contributed by atoms with E-state index in [0.29, 0.717) is 12.3 Å². The summed E-state index contributed by atoms with van der Waals surface area (Å²) >= 11 is 1.67. The van der Waals surface area contributed by atoms with Gasteiger partial charge in [0.25, 0.3) is 5.91 Å². The largest absolute Gasteiger partial charge is 0.459 e. The predicted octanol–water partition coefficient (Wildman–Crippen LogP) is 2.83. The highest BCUT2D eigenvalue weighted by Crippen LogP contribution is 2.17. The smallest absolute Gasteiger partial charge is 0.287 e. The second kappa shape index (κ2) is 4.99. The van der Waals surface area contributed by atoms with Crippen LogP contribution in [0.15, 0.2) is 34.3 Å². The molecule has 0 saturated carbocycles. The average molecular weight is 235 g/mol. The van der Waals surface area contributed by atoms with Crippen LogP contribution in [0.4, 0.5) is 0 Å². The van der Waals surface area contributed by atoms with E-state index >= 15 is 0 Å². The van der Waals surface area contributed by atoms with Gasteiger partial charge < -0.3 is 9.73 Å². The molecule has 1 N–H and O–H groups in total. The summed E-state index contributed by atoms with van der Waals surface area (Å²) < 4.78 is 5.01. The number of rotatable bonds is 4. The number of carbonyl (C=O) groups is 1. The number of aryl methyl sites for hydroxylation is 1. The number of nitrogens with one attached hydrogen (secondary N) is 1. The van der Waals surface area contributed by atoms with E-state index in [1.54, 1.807) is 23.5 Å². The number of hydrogen-bond donors (Lipinski definition) is 1. The fraction of sp³-hybridized carbons (Fsp3) is 0.250. The number of amides is 1. The van der Waals surface area contributed by atoms with E-state index in [0.717, 1.165) is 6.42 Å². The second-order valence-corrected chi connectivity index (χ2v) is 4.38. The highest BCUT2D eigenvalue weighted by molar-refractivity contribution is 7.10. The summed E-state index contributed by atoms with van der Waals surface area (Å²) in [6, 6.07) is 5.46. The second-order valence-electron chi connectivity index (χ2n) is 3.38. The first kappa shape index (κ1) is 11.0. The predicted molar refractivity (Wildman–Crippen MR) is 63.6 cm³/mol. The molecule has 0 radical (unpaired) electrons. The van der Waals surface area contributed by atoms with Crippen molar-refractivity contribution in [3.63, 3.8) is 0 Å². The van der Waals surface area contributed by atoms with Crippen molar-refractivity contribution in [3.8, 4) is 0 Å². The topological polar surface area (TPSA) is 42.2 Å². The molecule has 0 saturated heterocycles. The summed E-state index contributed by atoms with van der Waals surface area (Å²) in [6.45, 7) is 2.68. The molecule has 0 bridgehead atoms. The summed E-state index contributed by atoms with van der Waals surface area (Å²) in [5.74, 6) is 0.190. The minimum absolute atomic E-state index is 0.166. The van der Waals surface area contributed by atoms with Crippen LogP contribution in [0.25, 0.3) is 0 Å². The van der Waals surface area contributed by atoms with Crippen LogP contribution in [0.2, 0.25) is 0 Å². The molecule has 3 nitrogen and oxygen atoms in total. The van der Waals surface area contributed by atoms with Crippen LogP contribution in [0, 0.1) is 0 Å². The molecule has 0 unspecified atom stereocenters. The number of hydrogen-bond acceptors (Lipinski definition) is 3. The third-order valence-electron chi connectivity index (χ3n) is 2.37. The molecule has 1 amide bonds. The maximum Gasteiger partial charge on any atom is 0.287 e. The molecule has 0 aromatic carbocycles. The van der Waals surface area contributed by atoms with Crippen molar-refractivity contribution < 1.29 is 9.21 Å². The van der Waals surface area contributed by atoms with E-state index in [9.17, 15) is 4.79 Å². The van der Waals surface area contributed by atoms with Crippen molar-refractivity contribution in [2.75, 3.05) is 0 Å². The Morgan fingerprint density at radius 3 is 3.06 bits per heavy atom. The van der Waals surface area contributed by atoms with Gasteiger partial charge in [0.05, 0.1) is 12.8 Å². The molecule has 0 fully saturated rings. The minimum Gasteiger partial charge on any atom is -0.459 e. The van der Waals surface area contributed by atoms with Crippen molar-refractivity contribution in [1.29, 1.82) is 0 Å². The van der Waals surface area contributed by atoms with Crippen LogP contribution in [0.1, 0.15) is 27.9 Å². The quantitative estimate of drug-likeness (QED) is 0.885. The lowest BCUT2D eigenvalue weighted by molar-refractivity contribution is 0.0923. The van der Waals surface area contributed by atoms with Gasteiger partial charge in [-0.3, -0.25) is 4.79 Å². The number of furan rings is 1. The summed E-state index contributed by atoms with van der Waals surface area (Å²) in [5, 5.41) is 4.89. The molecular weight excluding hydrogens is 222 g/mol. The Morgan fingerprint density at radius 1 is 1.50 bits per heavy atom. The molecule has 0 spiro atoms. The summed E-state index contributed by atoms with van der Waals surface area (Å²) in [6.07, 6.45) is 2.49. The van der Waals surface area contributed by atoms with Crippen molar-refractivity contribution >= 4 is 17.2 Å². The van der Waals surface area contributed by atoms with Crippen molar-refractivity contribution in [2.24, 2.45) is 0 Å². The lowest BCUT2D eigenvalue weighted by Gasteiger charge is -2.03. The molecule has 2 aromatic heterocycles. The zero-order valence-electron chi connectivity index (χ0n) is 9.03. The Bertz CT molecular complexity index is 459. The fourth-order valence-electron chi connectivity index (χ4n) is 1.49. The van der Waals surface area contributed by atoms with Gasteiger partial charge in [0.15, 0.2) is 5.76 Å².